The number of benzene rings is 5. The number of rotatable bonds is 23. The van der Waals surface area contributed by atoms with Crippen LogP contribution in [0.5, 0.6) is 0 Å². The summed E-state index contributed by atoms with van der Waals surface area (Å²) >= 11 is 3.21. The van der Waals surface area contributed by atoms with E-state index in [4.69, 9.17) is 50.1 Å². The van der Waals surface area contributed by atoms with Gasteiger partial charge in [-0.1, -0.05) is 66.2 Å². The van der Waals surface area contributed by atoms with Crippen LogP contribution in [0.1, 0.15) is 319 Å². The Bertz CT molecular complexity index is 5260. The summed E-state index contributed by atoms with van der Waals surface area (Å²) in [6.07, 6.45) is 20.6. The van der Waals surface area contributed by atoms with Gasteiger partial charge >= 0.3 is 57.1 Å². The largest absolute Gasteiger partial charge is 1.00 e. The first-order valence-corrected chi connectivity index (χ1v) is 50.1. The molecule has 10 saturated carbocycles. The number of nitro benzene ring substituents is 3. The smallest absolute Gasteiger partial charge is 0.870 e. The molecule has 0 unspecified atom stereocenters. The number of nitrogens with two attached hydrogens (primary N) is 3. The SMILES string of the molecule is C=C(C)CBr.NC1CCC(F)(F)CC1.[C-]#[N+]C1(c2ccc(F)c([N+](=O)[O-])c2)CCCC1.[C-]#[N+]C1(c2ccc(N(CC(=C)C)C3CCC(F)(F)CC3)c(N)c2)CCCC1.[C-]#[N+]C1(c2ccc(N(CC(=C)C)C3CCC(F)(F)CC3)c([N+](=O)[O-])c2)CCCC1.[C-]#[N+]C1(c2ccc(N(CC(C)C)C3CCC(F)(F)CC3)c(N)c2)CCCC1.[C-]#[N+]C1(c2ccc(NC3CCC(F)(F)CC3)c([N+](=O)[O-])c2)CCCC1.[K+].[OH-]. The average molecular weight is 2060 g/mol. The Morgan fingerprint density at radius 3 is 0.950 bits per heavy atom. The maximum absolute atomic E-state index is 13.6. The number of nitrogens with zero attached hydrogens (tertiary/aromatic N) is 11. The van der Waals surface area contributed by atoms with Gasteiger partial charge in [0, 0.05) is 230 Å². The third kappa shape index (κ3) is 32.3. The summed E-state index contributed by atoms with van der Waals surface area (Å²) in [5.74, 6) is -13.2. The van der Waals surface area contributed by atoms with Crippen LogP contribution in [0.25, 0.3) is 24.2 Å². The van der Waals surface area contributed by atoms with Crippen molar-refractivity contribution in [3.05, 3.63) is 249 Å². The molecule has 15 rings (SSSR count). The van der Waals surface area contributed by atoms with Crippen molar-refractivity contribution >= 4 is 67.1 Å². The van der Waals surface area contributed by atoms with Crippen LogP contribution in [0.2, 0.25) is 0 Å². The molecule has 0 bridgehead atoms. The van der Waals surface area contributed by atoms with Crippen LogP contribution in [0, 0.1) is 74.9 Å². The van der Waals surface area contributed by atoms with E-state index >= 15 is 0 Å². The fraction of sp³-hybridized carbons (Fsp3) is 0.613. The van der Waals surface area contributed by atoms with Gasteiger partial charge < -0.3 is 66.9 Å². The Kier molecular flexibility index (Phi) is 44.0. The molecule has 0 aliphatic heterocycles. The van der Waals surface area contributed by atoms with Crippen molar-refractivity contribution in [2.75, 3.05) is 56.4 Å². The van der Waals surface area contributed by atoms with E-state index in [2.05, 4.69) is 88.9 Å². The Hall–Kier alpha value is -8.96. The first-order valence-electron chi connectivity index (χ1n) is 49.0. The van der Waals surface area contributed by atoms with E-state index in [1.807, 2.05) is 68.1 Å². The van der Waals surface area contributed by atoms with Crippen LogP contribution >= 0.6 is 15.9 Å². The second kappa shape index (κ2) is 52.2. The van der Waals surface area contributed by atoms with E-state index < -0.39 is 83.6 Å². The average Bonchev–Trinajstić information content (AvgIpc) is 1.79. The molecule has 141 heavy (non-hydrogen) atoms. The molecule has 8 N–H and O–H groups in total. The molecule has 0 radical (unpaired) electrons. The predicted molar refractivity (Wildman–Crippen MR) is 536 cm³/mol. The molecule has 0 saturated heterocycles. The predicted octanol–water partition coefficient (Wildman–Crippen LogP) is 27.2. The molecule has 10 aliphatic carbocycles. The quantitative estimate of drug-likeness (QED) is 0.00692. The molecular weight excluding hydrogens is 1920 g/mol. The number of allylic oxidation sites excluding steroid dienone is 1. The molecular formula is C106H138BrF11KN15O7. The van der Waals surface area contributed by atoms with Gasteiger partial charge in [0.25, 0.3) is 39.1 Å². The molecule has 0 amide bonds. The minimum atomic E-state index is -2.66. The summed E-state index contributed by atoms with van der Waals surface area (Å²) in [5, 5.41) is 38.1. The fourth-order valence-corrected chi connectivity index (χ4v) is 21.3. The van der Waals surface area contributed by atoms with E-state index in [9.17, 15) is 78.6 Å². The zero-order valence-corrected chi connectivity index (χ0v) is 87.2. The second-order valence-electron chi connectivity index (χ2n) is 40.7. The molecule has 35 heteroatoms. The number of hydrogen-bond acceptors (Lipinski definition) is 14. The first-order chi connectivity index (χ1) is 65.5. The summed E-state index contributed by atoms with van der Waals surface area (Å²) in [6, 6.07) is 25.4. The maximum Gasteiger partial charge on any atom is 1.00 e. The standard InChI is InChI=1S/C22H27F2N3O2.C22H31F2N3.C22H29F2N3.C18H21F2N3O2.C12H11FN2O2.C6H11F2N.C4H7Br.K.H2O/c1-16(2)15-26(18-8-12-22(23,24)13-9-18)19-7-6-17(14-20(19)27(28)29)21(25-3)10-4-5-11-21;2*1-16(2)15-27(18-8-12-22(23,24)13-9-18)20-7-6-17(14-19(20)25)21(26-3)10-4-5-11-21;1-21-17(8-2-3-9-17)13-4-5-15(16(12-13)23(24)25)22-14-6-10-18(19,20)11-7-14;1-14-12(6-2-3-7-12)9-4-5-10(13)11(8-9)15(16)17;7-6(8)3-1-5(9)2-4-6;1-4(2)3-5;;/h6-7,14,18H,1,4-5,8-13,15H2,2H3;6-7,14,16,18H,4-5,8-13,15,25H2,1-2H3;6-7,14,18H,1,4-5,8-13,15,25H2,2H3;4-5,12,14,22H,2-3,6-11H2;4-5,8H,2-3,6-7H2;5H,1-4,9H2;1,3H2,2H3;;1H2/q;;;;;;;+1;/p-1. The molecule has 0 atom stereocenters. The van der Waals surface area contributed by atoms with Gasteiger partial charge in [0.1, 0.15) is 11.4 Å². The van der Waals surface area contributed by atoms with Crippen molar-refractivity contribution in [3.8, 4) is 0 Å². The van der Waals surface area contributed by atoms with Crippen LogP contribution < -0.4 is 88.6 Å². The molecule has 10 aliphatic rings. The van der Waals surface area contributed by atoms with Crippen LogP contribution in [-0.2, 0) is 27.7 Å². The fourth-order valence-electron chi connectivity index (χ4n) is 21.3. The maximum atomic E-state index is 13.6. The van der Waals surface area contributed by atoms with Gasteiger partial charge in [0.15, 0.2) is 0 Å². The van der Waals surface area contributed by atoms with E-state index in [0.29, 0.717) is 123 Å². The van der Waals surface area contributed by atoms with Gasteiger partial charge in [-0.3, -0.25) is 30.3 Å². The van der Waals surface area contributed by atoms with E-state index in [-0.39, 0.29) is 188 Å². The minimum Gasteiger partial charge on any atom is -0.870 e. The van der Waals surface area contributed by atoms with Gasteiger partial charge in [-0.2, -0.15) is 4.39 Å². The van der Waals surface area contributed by atoms with Crippen molar-refractivity contribution in [2.45, 2.75) is 379 Å². The Morgan fingerprint density at radius 2 is 0.667 bits per heavy atom. The normalized spacial score (nSPS) is 20.8. The number of nitro groups is 3. The zero-order chi connectivity index (χ0) is 102. The molecule has 5 aromatic carbocycles. The Labute approximate surface area is 875 Å². The number of nitrogens with one attached hydrogen (secondary N) is 1. The van der Waals surface area contributed by atoms with Crippen molar-refractivity contribution in [3.63, 3.8) is 0 Å². The van der Waals surface area contributed by atoms with Gasteiger partial charge in [-0.05, 0) is 228 Å². The van der Waals surface area contributed by atoms with E-state index in [1.165, 1.54) is 29.8 Å². The monoisotopic (exact) mass is 2060 g/mol. The van der Waals surface area contributed by atoms with E-state index in [0.717, 1.165) is 154 Å². The first kappa shape index (κ1) is 119. The third-order valence-corrected chi connectivity index (χ3v) is 30.3. The summed E-state index contributed by atoms with van der Waals surface area (Å²) in [5.41, 5.74) is 25.5. The molecule has 764 valence electrons. The van der Waals surface area contributed by atoms with E-state index in [1.54, 1.807) is 18.2 Å². The van der Waals surface area contributed by atoms with Crippen molar-refractivity contribution in [1.29, 1.82) is 0 Å². The summed E-state index contributed by atoms with van der Waals surface area (Å²) in [4.78, 5) is 57.8. The number of halogens is 12. The molecule has 0 aromatic heterocycles. The van der Waals surface area contributed by atoms with Crippen LogP contribution in [-0.4, -0.2) is 105 Å². The Morgan fingerprint density at radius 1 is 0.411 bits per heavy atom. The summed E-state index contributed by atoms with van der Waals surface area (Å²) < 4.78 is 146. The number of nitrogen functional groups attached to an aromatic ring is 2. The molecule has 22 nitrogen and oxygen atoms in total. The van der Waals surface area contributed by atoms with Crippen LogP contribution in [0.15, 0.2) is 127 Å². The number of anilines is 6. The van der Waals surface area contributed by atoms with Crippen molar-refractivity contribution in [1.82, 2.24) is 0 Å². The van der Waals surface area contributed by atoms with Crippen molar-refractivity contribution < 1.29 is 120 Å². The molecule has 10 fully saturated rings. The zero-order valence-electron chi connectivity index (χ0n) is 82.4. The van der Waals surface area contributed by atoms with Gasteiger partial charge in [-0.25, -0.2) is 76.8 Å². The topological polar surface area (TPSA) is 281 Å². The summed E-state index contributed by atoms with van der Waals surface area (Å²) in [6.45, 7) is 61.2. The number of alkyl halides is 11. The molecule has 5 aromatic rings. The molecule has 0 spiro atoms. The number of hydrogen-bond donors (Lipinski definition) is 4. The van der Waals surface area contributed by atoms with Gasteiger partial charge in [-0.15, -0.1) is 0 Å². The van der Waals surface area contributed by atoms with Crippen LogP contribution in [0.3, 0.4) is 0 Å². The summed E-state index contributed by atoms with van der Waals surface area (Å²) in [7, 11) is 0. The Balaban J connectivity index is 0.000000232. The third-order valence-electron chi connectivity index (χ3n) is 29.3. The molecule has 0 heterocycles. The van der Waals surface area contributed by atoms with Crippen LogP contribution in [0.4, 0.5) is 99.5 Å². The second-order valence-corrected chi connectivity index (χ2v) is 41.3. The van der Waals surface area contributed by atoms with Crippen molar-refractivity contribution in [2.24, 2.45) is 11.7 Å². The van der Waals surface area contributed by atoms with Gasteiger partial charge in [0.2, 0.25) is 35.4 Å². The minimum absolute atomic E-state index is 0. The van der Waals surface area contributed by atoms with Gasteiger partial charge in [0.05, 0.1) is 37.5 Å².